The number of alkyl halides is 3. The van der Waals surface area contributed by atoms with Gasteiger partial charge in [0, 0.05) is 147 Å². The summed E-state index contributed by atoms with van der Waals surface area (Å²) in [7, 11) is 4.34. The maximum Gasteiger partial charge on any atom is 1.00 e. The van der Waals surface area contributed by atoms with E-state index in [1.807, 2.05) is 73.7 Å². The molecule has 30 nitrogen and oxygen atoms in total. The molecule has 1 aliphatic rings. The molecule has 595 valence electrons. The molecular formula is C79H68BBr3K4N3O27S. The van der Waals surface area contributed by atoms with Crippen LogP contribution in [0.15, 0.2) is 232 Å². The second kappa shape index (κ2) is 60.4. The van der Waals surface area contributed by atoms with Gasteiger partial charge in [-0.05, 0) is 96.3 Å². The molecular weight excluding hydrogens is 1860 g/mol. The van der Waals surface area contributed by atoms with Crippen molar-refractivity contribution in [2.45, 2.75) is 70.1 Å². The summed E-state index contributed by atoms with van der Waals surface area (Å²) in [6.45, 7) is 4.79. The molecule has 0 fully saturated rings. The van der Waals surface area contributed by atoms with Crippen LogP contribution in [0.5, 0.6) is 28.7 Å². The molecule has 0 aliphatic carbocycles. The molecule has 3 N–H and O–H groups in total. The van der Waals surface area contributed by atoms with Gasteiger partial charge in [-0.3, -0.25) is 38.4 Å². The number of hydrogen-bond donors (Lipinski definition) is 4. The standard InChI is InChI=1S/C20H16BrNO5.C20H15NO5.C12H9BrO4.C12H10O4.C10H7BrO3.C2H2.2CH2O3.CH4.BHNS.4K.2H/c21-11-15-8-14-6-7-19(24)26-16(14)9-17(15)27-20(25)10-18(23)22-12-13-4-2-1-3-5-13;22-18-7-6-13-8-14-9-15(20(24)26-17(14)10-16(13)25-18)19(23)21-11-12-4-2-1-3-5-12;1-7(14)16-11-5-10-8(4-9(11)6-13)2-3-12(15)17-10;1-7-5-9-3-4-12(14)16-11(9)6-10(7)15-8(2)13;11-5-7-3-6-1-2-10(13)14-9(6)4-8(7)12;1-2;2*2-1-4-3;;1-2-3;;;;;;/h1-9H,10-12H2,(H,22,23);1-8,10,15H,9,11H2,(H,21,23);2-5H,6H2,1H3;3-6H,1-2H3;1-4,12H,5H2;1-2H;2*1,3H;1H4;3H;;;;;;/q;;;;;;;;;;4*+1;2*-1/p-2/i;;;;;1D;;;;;;;;;;. The number of aryl methyl sites for hydroxylation is 1. The number of carbonyl (C=O) groups is 8. The number of aromatic hydroxyl groups is 1. The Kier molecular flexibility index (Phi) is 56.2. The fourth-order valence-electron chi connectivity index (χ4n) is 9.71. The third kappa shape index (κ3) is 38.1. The van der Waals surface area contributed by atoms with Crippen molar-refractivity contribution in [2.75, 3.05) is 0 Å². The number of amides is 2. The largest absolute Gasteiger partial charge is 1.00 e. The zero-order valence-corrected chi connectivity index (χ0v) is 81.4. The Morgan fingerprint density at radius 3 is 1.29 bits per heavy atom. The van der Waals surface area contributed by atoms with Gasteiger partial charge in [0.15, 0.2) is 0 Å². The van der Waals surface area contributed by atoms with Crippen molar-refractivity contribution in [3.8, 4) is 41.6 Å². The zero-order chi connectivity index (χ0) is 83.8. The number of rotatable bonds is 15. The van der Waals surface area contributed by atoms with Crippen molar-refractivity contribution >= 4 is 172 Å². The smallest absolute Gasteiger partial charge is 1.00 e. The number of nitrogens with one attached hydrogen (secondary N) is 2. The quantitative estimate of drug-likeness (QED) is 0.00792. The van der Waals surface area contributed by atoms with Gasteiger partial charge in [0.05, 0.1) is 0 Å². The van der Waals surface area contributed by atoms with Crippen LogP contribution in [0.1, 0.15) is 70.9 Å². The Balaban J connectivity index is -0.00000139. The van der Waals surface area contributed by atoms with Crippen LogP contribution in [0.2, 0.25) is 0 Å². The maximum atomic E-state index is 12.4. The topological polar surface area (TPSA) is 446 Å². The van der Waals surface area contributed by atoms with Crippen LogP contribution in [0, 0.1) is 25.7 Å². The van der Waals surface area contributed by atoms with E-state index < -0.39 is 70.3 Å². The van der Waals surface area contributed by atoms with E-state index in [0.717, 1.165) is 49.5 Å². The Bertz CT molecular complexity index is 5770. The summed E-state index contributed by atoms with van der Waals surface area (Å²) >= 11 is 13.1. The Morgan fingerprint density at radius 1 is 0.559 bits per heavy atom. The van der Waals surface area contributed by atoms with Gasteiger partial charge >= 0.3 is 282 Å². The first-order chi connectivity index (χ1) is 54.7. The third-order valence-electron chi connectivity index (χ3n) is 14.6. The number of benzene rings is 7. The monoisotopic (exact) mass is 1930 g/mol. The molecule has 0 saturated carbocycles. The van der Waals surface area contributed by atoms with Crippen molar-refractivity contribution in [1.29, 1.82) is 0 Å². The van der Waals surface area contributed by atoms with Crippen LogP contribution in [-0.2, 0) is 83.6 Å². The van der Waals surface area contributed by atoms with Crippen molar-refractivity contribution in [3.63, 3.8) is 0 Å². The van der Waals surface area contributed by atoms with Gasteiger partial charge in [-0.1, -0.05) is 116 Å². The second-order valence-electron chi connectivity index (χ2n) is 22.3. The molecule has 0 bridgehead atoms. The number of ether oxygens (including phenoxy) is 4. The molecule has 2 amide bonds. The molecule has 0 spiro atoms. The normalized spacial score (nSPS) is 10.7. The number of phenolic OH excluding ortho intramolecular Hbond substituents is 1. The Hall–Kier alpha value is -6.17. The van der Waals surface area contributed by atoms with Crippen LogP contribution in [0.3, 0.4) is 0 Å². The molecule has 7 aromatic carbocycles. The number of fused-ring (bicyclic) bond motifs is 6. The molecule has 5 aromatic heterocycles. The first-order valence-electron chi connectivity index (χ1n) is 32.6. The molecule has 13 rings (SSSR count). The number of hydrogen-bond acceptors (Lipinski definition) is 29. The number of terminal acetylenes is 1. The van der Waals surface area contributed by atoms with E-state index in [4.69, 9.17) is 62.5 Å². The average molecular weight is 1930 g/mol. The Labute approximate surface area is 877 Å². The SMILES string of the molecule is C.CC(=O)Oc1cc2oc(=O)ccc2cc1C.CC(=O)Oc1cc2oc(=O)ccc2cc1CBr.O=C(CC(=O)Oc1cc2oc(=O)ccc2cc1CBr)NCc1ccccc1.O=C(NCc1ccccc1)C1Cc2cc3ccc(=O)oc3cc2OC1=O.O=CO[O-].O=CO[O-].O=c1ccc2cc(CBr)c(O)cc2o1.[2H]C#C.[B]=NS.[H-].[H-].[K+].[K+].[K+].[K+]. The third-order valence-corrected chi connectivity index (χ3v) is 16.4. The maximum absolute atomic E-state index is 12.4. The van der Waals surface area contributed by atoms with Crippen LogP contribution in [-0.4, -0.2) is 61.4 Å². The molecule has 1 radical (unpaired) electrons. The van der Waals surface area contributed by atoms with Gasteiger partial charge in [-0.25, -0.2) is 24.0 Å². The van der Waals surface area contributed by atoms with E-state index in [1.165, 1.54) is 68.8 Å². The van der Waals surface area contributed by atoms with Crippen molar-refractivity contribution < 1.29 is 315 Å². The summed E-state index contributed by atoms with van der Waals surface area (Å²) in [5, 5.41) is 37.2. The van der Waals surface area contributed by atoms with E-state index in [0.29, 0.717) is 90.6 Å². The summed E-state index contributed by atoms with van der Waals surface area (Å²) in [4.78, 5) is 149. The number of nitrogens with zero attached hydrogens (tertiary/aromatic N) is 1. The number of thiol groups is 1. The first kappa shape index (κ1) is 110. The van der Waals surface area contributed by atoms with Gasteiger partial charge in [0.2, 0.25) is 11.8 Å². The number of carbonyl (C=O) groups excluding carboxylic acids is 8. The van der Waals surface area contributed by atoms with Crippen LogP contribution < -0.4 is 274 Å². The molecule has 6 heterocycles. The minimum atomic E-state index is -0.903. The summed E-state index contributed by atoms with van der Waals surface area (Å²) in [6.07, 6.45) is 5.59. The summed E-state index contributed by atoms with van der Waals surface area (Å²) in [5.74, 6) is -2.32. The van der Waals surface area contributed by atoms with E-state index in [1.54, 1.807) is 66.7 Å². The zero-order valence-electron chi connectivity index (χ0n) is 66.2. The number of phenols is 1. The fraction of sp³-hybridized carbons (Fsp3) is 0.152. The fourth-order valence-corrected chi connectivity index (χ4v) is 11.0. The molecule has 1 atom stereocenters. The van der Waals surface area contributed by atoms with E-state index in [-0.39, 0.29) is 253 Å². The van der Waals surface area contributed by atoms with E-state index in [9.17, 15) is 57.8 Å². The summed E-state index contributed by atoms with van der Waals surface area (Å²) in [6, 6.07) is 50.3. The predicted octanol–water partition coefficient (Wildman–Crippen LogP) is -1.30. The second-order valence-corrected chi connectivity index (χ2v) is 24.2. The van der Waals surface area contributed by atoms with E-state index in [2.05, 4.69) is 99.4 Å². The molecule has 118 heavy (non-hydrogen) atoms. The van der Waals surface area contributed by atoms with Gasteiger partial charge < -0.3 is 79.9 Å². The Morgan fingerprint density at radius 2 is 0.898 bits per heavy atom. The van der Waals surface area contributed by atoms with Gasteiger partial charge in [0.1, 0.15) is 70.4 Å². The van der Waals surface area contributed by atoms with Gasteiger partial charge in [0.25, 0.3) is 12.9 Å². The van der Waals surface area contributed by atoms with Crippen molar-refractivity contribution in [1.82, 2.24) is 10.6 Å². The molecule has 0 saturated heterocycles. The average Bonchev–Trinajstić information content (AvgIpc) is 0.776. The number of halogens is 3. The van der Waals surface area contributed by atoms with Crippen LogP contribution >= 0.6 is 60.6 Å². The summed E-state index contributed by atoms with van der Waals surface area (Å²) in [5.41, 5.74) is 5.35. The van der Waals surface area contributed by atoms with Gasteiger partial charge in [-0.2, -0.15) is 0 Å². The molecule has 12 aromatic rings. The van der Waals surface area contributed by atoms with Crippen molar-refractivity contribution in [3.05, 3.63) is 273 Å². The minimum Gasteiger partial charge on any atom is -1.00 e. The van der Waals surface area contributed by atoms with Crippen molar-refractivity contribution in [2.24, 2.45) is 10.2 Å². The molecule has 1 unspecified atom stereocenters. The molecule has 39 heteroatoms. The van der Waals surface area contributed by atoms with E-state index >= 15 is 0 Å². The minimum absolute atomic E-state index is 0. The summed E-state index contributed by atoms with van der Waals surface area (Å²) < 4.78 is 54.2. The first-order valence-corrected chi connectivity index (χ1v) is 35.9. The molecule has 1 aliphatic heterocycles. The van der Waals surface area contributed by atoms with Gasteiger partial charge in [-0.15, -0.1) is 12.8 Å². The van der Waals surface area contributed by atoms with Crippen LogP contribution in [0.25, 0.3) is 54.8 Å². The number of esters is 4. The predicted molar refractivity (Wildman–Crippen MR) is 429 cm³/mol. The van der Waals surface area contributed by atoms with Crippen LogP contribution in [0.4, 0.5) is 0 Å².